The highest BCUT2D eigenvalue weighted by Crippen LogP contribution is 2.28. The van der Waals surface area contributed by atoms with Crippen LogP contribution in [-0.2, 0) is 17.9 Å². The fraction of sp³-hybridized carbons (Fsp3) is 0.357. The molecule has 1 aliphatic heterocycles. The summed E-state index contributed by atoms with van der Waals surface area (Å²) in [5.74, 6) is 0. The van der Waals surface area contributed by atoms with E-state index >= 15 is 0 Å². The normalized spacial score (nSPS) is 14.7. The standard InChI is InChI=1S/C28H35N3O/c1-3-29-17-16-28(24-11-5-4-6-12-24)32-22-23-10-9-14-26(20-23)31-19-18-30(2)27-15-8-7-13-25(27)21-31/h4-15,20,28-29H,3,16-19,21-22H2,1-2H3. The first kappa shape index (κ1) is 22.4. The van der Waals surface area contributed by atoms with Gasteiger partial charge in [-0.25, -0.2) is 0 Å². The highest BCUT2D eigenvalue weighted by atomic mass is 16.5. The van der Waals surface area contributed by atoms with Gasteiger partial charge in [0.15, 0.2) is 0 Å². The van der Waals surface area contributed by atoms with Gasteiger partial charge in [0.2, 0.25) is 0 Å². The smallest absolute Gasteiger partial charge is 0.0841 e. The molecule has 0 bridgehead atoms. The summed E-state index contributed by atoms with van der Waals surface area (Å²) in [5, 5.41) is 3.43. The molecule has 0 saturated carbocycles. The molecule has 1 atom stereocenters. The van der Waals surface area contributed by atoms with E-state index in [9.17, 15) is 0 Å². The summed E-state index contributed by atoms with van der Waals surface area (Å²) in [6.07, 6.45) is 1.06. The first-order chi connectivity index (χ1) is 15.7. The molecule has 4 heteroatoms. The predicted molar refractivity (Wildman–Crippen MR) is 134 cm³/mol. The van der Waals surface area contributed by atoms with E-state index in [1.165, 1.54) is 28.1 Å². The van der Waals surface area contributed by atoms with E-state index in [0.29, 0.717) is 6.61 Å². The van der Waals surface area contributed by atoms with Crippen LogP contribution in [0.5, 0.6) is 0 Å². The zero-order chi connectivity index (χ0) is 22.2. The fourth-order valence-electron chi connectivity index (χ4n) is 4.38. The maximum Gasteiger partial charge on any atom is 0.0841 e. The topological polar surface area (TPSA) is 27.7 Å². The third-order valence-electron chi connectivity index (χ3n) is 6.20. The minimum Gasteiger partial charge on any atom is -0.373 e. The first-order valence-corrected chi connectivity index (χ1v) is 11.7. The highest BCUT2D eigenvalue weighted by Gasteiger charge is 2.18. The fourth-order valence-corrected chi connectivity index (χ4v) is 4.38. The molecule has 3 aromatic carbocycles. The van der Waals surface area contributed by atoms with E-state index in [1.807, 2.05) is 0 Å². The van der Waals surface area contributed by atoms with Crippen molar-refractivity contribution < 1.29 is 4.74 Å². The lowest BCUT2D eigenvalue weighted by atomic mass is 10.1. The van der Waals surface area contributed by atoms with Crippen molar-refractivity contribution in [2.45, 2.75) is 32.6 Å². The Labute approximate surface area is 192 Å². The Bertz CT molecular complexity index is 975. The summed E-state index contributed by atoms with van der Waals surface area (Å²) in [6.45, 7) is 7.64. The molecule has 0 saturated heterocycles. The Morgan fingerprint density at radius 2 is 1.75 bits per heavy atom. The maximum absolute atomic E-state index is 6.43. The number of rotatable bonds is 9. The van der Waals surface area contributed by atoms with Crippen molar-refractivity contribution in [1.82, 2.24) is 5.32 Å². The molecule has 168 valence electrons. The summed E-state index contributed by atoms with van der Waals surface area (Å²) in [6, 6.07) is 28.1. The Hall–Kier alpha value is -2.82. The van der Waals surface area contributed by atoms with E-state index in [0.717, 1.165) is 39.1 Å². The molecule has 1 N–H and O–H groups in total. The van der Waals surface area contributed by atoms with Gasteiger partial charge < -0.3 is 19.9 Å². The molecular formula is C28H35N3O. The number of ether oxygens (including phenoxy) is 1. The van der Waals surface area contributed by atoms with Crippen molar-refractivity contribution in [2.24, 2.45) is 0 Å². The van der Waals surface area contributed by atoms with Crippen LogP contribution in [0.1, 0.15) is 36.1 Å². The average Bonchev–Trinajstić information content (AvgIpc) is 3.01. The Kier molecular flexibility index (Phi) is 7.81. The van der Waals surface area contributed by atoms with Crippen molar-refractivity contribution >= 4 is 11.4 Å². The zero-order valence-corrected chi connectivity index (χ0v) is 19.3. The molecule has 0 radical (unpaired) electrons. The number of nitrogens with one attached hydrogen (secondary N) is 1. The molecule has 3 aromatic rings. The van der Waals surface area contributed by atoms with E-state index < -0.39 is 0 Å². The average molecular weight is 430 g/mol. The van der Waals surface area contributed by atoms with Crippen LogP contribution in [0, 0.1) is 0 Å². The third-order valence-corrected chi connectivity index (χ3v) is 6.20. The van der Waals surface area contributed by atoms with Crippen LogP contribution in [0.15, 0.2) is 78.9 Å². The number of likely N-dealkylation sites (N-methyl/N-ethyl adjacent to an activating group) is 1. The van der Waals surface area contributed by atoms with Gasteiger partial charge in [-0.3, -0.25) is 0 Å². The summed E-state index contributed by atoms with van der Waals surface area (Å²) in [5.41, 5.74) is 6.44. The number of para-hydroxylation sites is 1. The lowest BCUT2D eigenvalue weighted by molar-refractivity contribution is 0.0342. The molecule has 32 heavy (non-hydrogen) atoms. The van der Waals surface area contributed by atoms with Gasteiger partial charge in [0.25, 0.3) is 0 Å². The van der Waals surface area contributed by atoms with Crippen molar-refractivity contribution in [1.29, 1.82) is 0 Å². The quantitative estimate of drug-likeness (QED) is 0.461. The van der Waals surface area contributed by atoms with Gasteiger partial charge in [0, 0.05) is 38.1 Å². The van der Waals surface area contributed by atoms with E-state index in [4.69, 9.17) is 4.74 Å². The van der Waals surface area contributed by atoms with Crippen LogP contribution in [0.4, 0.5) is 11.4 Å². The van der Waals surface area contributed by atoms with Crippen LogP contribution >= 0.6 is 0 Å². The Morgan fingerprint density at radius 1 is 0.938 bits per heavy atom. The first-order valence-electron chi connectivity index (χ1n) is 11.7. The predicted octanol–water partition coefficient (Wildman–Crippen LogP) is 5.40. The molecule has 1 aliphatic rings. The van der Waals surface area contributed by atoms with E-state index in [2.05, 4.69) is 108 Å². The number of nitrogens with zero attached hydrogens (tertiary/aromatic N) is 2. The second-order valence-electron chi connectivity index (χ2n) is 8.49. The number of hydrogen-bond acceptors (Lipinski definition) is 4. The van der Waals surface area contributed by atoms with Crippen molar-refractivity contribution in [3.05, 3.63) is 95.6 Å². The zero-order valence-electron chi connectivity index (χ0n) is 19.3. The summed E-state index contributed by atoms with van der Waals surface area (Å²) in [7, 11) is 2.18. The van der Waals surface area contributed by atoms with Crippen molar-refractivity contribution in [3.8, 4) is 0 Å². The van der Waals surface area contributed by atoms with E-state index in [1.54, 1.807) is 0 Å². The Morgan fingerprint density at radius 3 is 2.59 bits per heavy atom. The maximum atomic E-state index is 6.43. The van der Waals surface area contributed by atoms with Crippen LogP contribution in [0.25, 0.3) is 0 Å². The minimum atomic E-state index is 0.0950. The molecule has 0 aromatic heterocycles. The number of anilines is 2. The molecule has 0 fully saturated rings. The number of benzene rings is 3. The molecule has 1 heterocycles. The lowest BCUT2D eigenvalue weighted by Crippen LogP contribution is -2.29. The van der Waals surface area contributed by atoms with Gasteiger partial charge in [-0.1, -0.05) is 67.6 Å². The summed E-state index contributed by atoms with van der Waals surface area (Å²) in [4.78, 5) is 4.84. The van der Waals surface area contributed by atoms with Crippen molar-refractivity contribution in [2.75, 3.05) is 43.0 Å². The van der Waals surface area contributed by atoms with Gasteiger partial charge in [0.1, 0.15) is 0 Å². The summed E-state index contributed by atoms with van der Waals surface area (Å²) < 4.78 is 6.43. The summed E-state index contributed by atoms with van der Waals surface area (Å²) >= 11 is 0. The molecular weight excluding hydrogens is 394 g/mol. The van der Waals surface area contributed by atoms with Crippen LogP contribution in [0.2, 0.25) is 0 Å². The SMILES string of the molecule is CCNCCC(OCc1cccc(N2CCN(C)c3ccccc3C2)c1)c1ccccc1. The van der Waals surface area contributed by atoms with Crippen LogP contribution in [0.3, 0.4) is 0 Å². The van der Waals surface area contributed by atoms with Gasteiger partial charge in [-0.05, 0) is 54.4 Å². The van der Waals surface area contributed by atoms with Gasteiger partial charge >= 0.3 is 0 Å². The Balaban J connectivity index is 1.45. The third kappa shape index (κ3) is 5.70. The molecule has 0 amide bonds. The van der Waals surface area contributed by atoms with Crippen molar-refractivity contribution in [3.63, 3.8) is 0 Å². The van der Waals surface area contributed by atoms with Crippen LogP contribution in [-0.4, -0.2) is 33.2 Å². The second-order valence-corrected chi connectivity index (χ2v) is 8.49. The minimum absolute atomic E-state index is 0.0950. The molecule has 0 spiro atoms. The molecule has 4 rings (SSSR count). The highest BCUT2D eigenvalue weighted by molar-refractivity contribution is 5.58. The molecule has 4 nitrogen and oxygen atoms in total. The van der Waals surface area contributed by atoms with Gasteiger partial charge in [-0.2, -0.15) is 0 Å². The monoisotopic (exact) mass is 429 g/mol. The van der Waals surface area contributed by atoms with Gasteiger partial charge in [0.05, 0.1) is 12.7 Å². The van der Waals surface area contributed by atoms with Gasteiger partial charge in [-0.15, -0.1) is 0 Å². The lowest BCUT2D eigenvalue weighted by Gasteiger charge is -2.24. The second kappa shape index (κ2) is 11.2. The molecule has 1 unspecified atom stereocenters. The molecule has 0 aliphatic carbocycles. The number of hydrogen-bond donors (Lipinski definition) is 1. The number of fused-ring (bicyclic) bond motifs is 1. The largest absolute Gasteiger partial charge is 0.373 e. The van der Waals surface area contributed by atoms with E-state index in [-0.39, 0.29) is 6.10 Å². The van der Waals surface area contributed by atoms with Crippen LogP contribution < -0.4 is 15.1 Å².